The smallest absolute Gasteiger partial charge is 0.310 e. The van der Waals surface area contributed by atoms with Crippen LogP contribution in [0.3, 0.4) is 0 Å². The van der Waals surface area contributed by atoms with Gasteiger partial charge in [0, 0.05) is 23.7 Å². The highest BCUT2D eigenvalue weighted by molar-refractivity contribution is 5.73. The fourth-order valence-corrected chi connectivity index (χ4v) is 2.41. The normalized spacial score (nSPS) is 11.5. The van der Waals surface area contributed by atoms with Gasteiger partial charge in [-0.1, -0.05) is 32.9 Å². The Bertz CT molecular complexity index is 701. The molecule has 2 aromatic heterocycles. The van der Waals surface area contributed by atoms with E-state index in [1.54, 1.807) is 0 Å². The van der Waals surface area contributed by atoms with E-state index in [9.17, 15) is 4.79 Å². The molecule has 0 spiro atoms. The molecule has 0 fully saturated rings. The lowest BCUT2D eigenvalue weighted by molar-refractivity contribution is -0.144. The van der Waals surface area contributed by atoms with Crippen molar-refractivity contribution < 1.29 is 14.1 Å². The molecule has 24 heavy (non-hydrogen) atoms. The van der Waals surface area contributed by atoms with Gasteiger partial charge in [-0.3, -0.25) is 9.48 Å². The van der Waals surface area contributed by atoms with Gasteiger partial charge in [0.1, 0.15) is 0 Å². The number of aromatic nitrogens is 4. The lowest BCUT2D eigenvalue weighted by Crippen LogP contribution is -2.11. The van der Waals surface area contributed by atoms with Gasteiger partial charge in [-0.25, -0.2) is 0 Å². The maximum atomic E-state index is 12.1. The summed E-state index contributed by atoms with van der Waals surface area (Å²) in [7, 11) is 0. The van der Waals surface area contributed by atoms with E-state index in [1.807, 2.05) is 32.4 Å². The van der Waals surface area contributed by atoms with Gasteiger partial charge < -0.3 is 9.26 Å². The Morgan fingerprint density at radius 1 is 1.25 bits per heavy atom. The molecule has 2 aromatic rings. The number of carbonyl (C=O) groups excluding carboxylic acids is 1. The van der Waals surface area contributed by atoms with Gasteiger partial charge in [-0.2, -0.15) is 10.1 Å². The summed E-state index contributed by atoms with van der Waals surface area (Å²) in [5.41, 5.74) is 2.80. The molecule has 7 nitrogen and oxygen atoms in total. The van der Waals surface area contributed by atoms with Crippen LogP contribution < -0.4 is 0 Å². The number of nitrogens with zero attached hydrogens (tertiary/aromatic N) is 4. The van der Waals surface area contributed by atoms with Crippen LogP contribution in [0.5, 0.6) is 0 Å². The van der Waals surface area contributed by atoms with E-state index in [1.165, 1.54) is 0 Å². The summed E-state index contributed by atoms with van der Waals surface area (Å²) in [5, 5.41) is 8.36. The van der Waals surface area contributed by atoms with Crippen molar-refractivity contribution in [3.8, 4) is 0 Å². The van der Waals surface area contributed by atoms with E-state index in [4.69, 9.17) is 9.26 Å². The Labute approximate surface area is 142 Å². The van der Waals surface area contributed by atoms with Gasteiger partial charge in [-0.15, -0.1) is 0 Å². The van der Waals surface area contributed by atoms with Crippen LogP contribution in [0.2, 0.25) is 0 Å². The lowest BCUT2D eigenvalue weighted by Gasteiger charge is -2.08. The summed E-state index contributed by atoms with van der Waals surface area (Å²) in [4.78, 5) is 16.3. The second-order valence-electron chi connectivity index (χ2n) is 6.76. The number of carbonyl (C=O) groups is 1. The predicted molar refractivity (Wildman–Crippen MR) is 88.4 cm³/mol. The number of esters is 1. The molecule has 0 amide bonds. The van der Waals surface area contributed by atoms with Crippen molar-refractivity contribution in [1.29, 1.82) is 0 Å². The molecular formula is C17H26N4O3. The summed E-state index contributed by atoms with van der Waals surface area (Å²) >= 11 is 0. The van der Waals surface area contributed by atoms with Crippen LogP contribution in [0.25, 0.3) is 0 Å². The SMILES string of the molecule is Cc1nn(CC(C)C)c(C)c1CC(=O)OCc1nc(C(C)C)no1. The van der Waals surface area contributed by atoms with Gasteiger partial charge in [-0.05, 0) is 19.8 Å². The fraction of sp³-hybridized carbons (Fsp3) is 0.647. The highest BCUT2D eigenvalue weighted by Crippen LogP contribution is 2.16. The summed E-state index contributed by atoms with van der Waals surface area (Å²) < 4.78 is 12.3. The maximum absolute atomic E-state index is 12.1. The van der Waals surface area contributed by atoms with E-state index in [0.29, 0.717) is 17.6 Å². The molecule has 0 aliphatic carbocycles. The predicted octanol–water partition coefficient (Wildman–Crippen LogP) is 2.95. The minimum absolute atomic E-state index is 0.00319. The van der Waals surface area contributed by atoms with E-state index in [-0.39, 0.29) is 24.9 Å². The molecule has 0 aliphatic heterocycles. The molecule has 132 valence electrons. The molecule has 0 radical (unpaired) electrons. The second-order valence-corrected chi connectivity index (χ2v) is 6.76. The molecule has 7 heteroatoms. The van der Waals surface area contributed by atoms with Crippen LogP contribution in [0.1, 0.15) is 62.3 Å². The van der Waals surface area contributed by atoms with Crippen molar-refractivity contribution in [3.05, 3.63) is 28.7 Å². The van der Waals surface area contributed by atoms with Crippen LogP contribution in [-0.2, 0) is 29.1 Å². The fourth-order valence-electron chi connectivity index (χ4n) is 2.41. The monoisotopic (exact) mass is 334 g/mol. The second kappa shape index (κ2) is 7.59. The first-order valence-electron chi connectivity index (χ1n) is 8.28. The summed E-state index contributed by atoms with van der Waals surface area (Å²) in [5.74, 6) is 1.28. The number of ether oxygens (including phenoxy) is 1. The van der Waals surface area contributed by atoms with Crippen LogP contribution in [0, 0.1) is 19.8 Å². The van der Waals surface area contributed by atoms with Crippen LogP contribution >= 0.6 is 0 Å². The first-order chi connectivity index (χ1) is 11.3. The number of aryl methyl sites for hydroxylation is 1. The molecular weight excluding hydrogens is 308 g/mol. The van der Waals surface area contributed by atoms with E-state index < -0.39 is 0 Å². The highest BCUT2D eigenvalue weighted by Gasteiger charge is 2.17. The quantitative estimate of drug-likeness (QED) is 0.724. The Hall–Kier alpha value is -2.18. The average Bonchev–Trinajstić information content (AvgIpc) is 3.06. The zero-order valence-electron chi connectivity index (χ0n) is 15.3. The molecule has 2 rings (SSSR count). The molecule has 0 aromatic carbocycles. The van der Waals surface area contributed by atoms with Crippen LogP contribution in [0.15, 0.2) is 4.52 Å². The van der Waals surface area contributed by atoms with Crippen molar-refractivity contribution in [1.82, 2.24) is 19.9 Å². The first kappa shape index (κ1) is 18.2. The average molecular weight is 334 g/mol. The third kappa shape index (κ3) is 4.43. The minimum Gasteiger partial charge on any atom is -0.455 e. The topological polar surface area (TPSA) is 83.0 Å². The Balaban J connectivity index is 1.95. The zero-order valence-corrected chi connectivity index (χ0v) is 15.3. The molecule has 0 atom stereocenters. The molecule has 2 heterocycles. The third-order valence-corrected chi connectivity index (χ3v) is 3.75. The molecule has 0 unspecified atom stereocenters. The van der Waals surface area contributed by atoms with Gasteiger partial charge in [0.2, 0.25) is 0 Å². The molecule has 0 saturated carbocycles. The Morgan fingerprint density at radius 3 is 2.54 bits per heavy atom. The number of hydrogen-bond acceptors (Lipinski definition) is 6. The van der Waals surface area contributed by atoms with E-state index in [2.05, 4.69) is 29.1 Å². The van der Waals surface area contributed by atoms with Crippen molar-refractivity contribution in [3.63, 3.8) is 0 Å². The molecule has 0 N–H and O–H groups in total. The standard InChI is InChI=1S/C17H26N4O3/c1-10(2)8-21-13(6)14(12(5)19-21)7-16(22)23-9-15-18-17(11(3)4)20-24-15/h10-11H,7-9H2,1-6H3. The van der Waals surface area contributed by atoms with Crippen molar-refractivity contribution in [2.75, 3.05) is 0 Å². The summed E-state index contributed by atoms with van der Waals surface area (Å²) in [6, 6.07) is 0. The third-order valence-electron chi connectivity index (χ3n) is 3.75. The van der Waals surface area contributed by atoms with Crippen LogP contribution in [-0.4, -0.2) is 25.9 Å². The lowest BCUT2D eigenvalue weighted by atomic mass is 10.1. The summed E-state index contributed by atoms with van der Waals surface area (Å²) in [6.07, 6.45) is 0.195. The molecule has 0 bridgehead atoms. The van der Waals surface area contributed by atoms with Gasteiger partial charge in [0.15, 0.2) is 12.4 Å². The van der Waals surface area contributed by atoms with Crippen molar-refractivity contribution in [2.45, 2.75) is 67.0 Å². The number of hydrogen-bond donors (Lipinski definition) is 0. The minimum atomic E-state index is -0.324. The Kier molecular flexibility index (Phi) is 5.75. The Morgan fingerprint density at radius 2 is 1.96 bits per heavy atom. The van der Waals surface area contributed by atoms with Crippen molar-refractivity contribution in [2.24, 2.45) is 5.92 Å². The van der Waals surface area contributed by atoms with Crippen molar-refractivity contribution >= 4 is 5.97 Å². The molecule has 0 aliphatic rings. The van der Waals surface area contributed by atoms with E-state index in [0.717, 1.165) is 23.5 Å². The van der Waals surface area contributed by atoms with Crippen LogP contribution in [0.4, 0.5) is 0 Å². The zero-order chi connectivity index (χ0) is 17.9. The summed E-state index contributed by atoms with van der Waals surface area (Å²) in [6.45, 7) is 13.0. The van der Waals surface area contributed by atoms with E-state index >= 15 is 0 Å². The molecule has 0 saturated heterocycles. The van der Waals surface area contributed by atoms with Gasteiger partial charge in [0.25, 0.3) is 5.89 Å². The highest BCUT2D eigenvalue weighted by atomic mass is 16.6. The maximum Gasteiger partial charge on any atom is 0.310 e. The van der Waals surface area contributed by atoms with Gasteiger partial charge in [0.05, 0.1) is 12.1 Å². The largest absolute Gasteiger partial charge is 0.455 e. The van der Waals surface area contributed by atoms with Gasteiger partial charge >= 0.3 is 5.97 Å². The first-order valence-corrected chi connectivity index (χ1v) is 8.28. The number of rotatable bonds is 7.